The van der Waals surface area contributed by atoms with Gasteiger partial charge in [0, 0.05) is 35.7 Å². The molecule has 0 atom stereocenters. The molecule has 0 bridgehead atoms. The monoisotopic (exact) mass is 616 g/mol. The van der Waals surface area contributed by atoms with Gasteiger partial charge in [-0.1, -0.05) is 35.0 Å². The topological polar surface area (TPSA) is 150 Å². The van der Waals surface area contributed by atoms with E-state index in [0.29, 0.717) is 65.4 Å². The maximum absolute atomic E-state index is 13.1. The van der Waals surface area contributed by atoms with Crippen LogP contribution in [0.1, 0.15) is 36.7 Å². The standard InChI is InChI=1S/C30H29ClN8O5/c1-30(2,3)39-27(19-5-7-20(8-6-19)28(41)36-12-14-44-15-13-36)26(32-35-39)25-21-16-18(4-9-22(21)38(34-25)29(42)43)17-37-24(40)11-10-23(31)33-37/h4-11,16H,12-15,17H2,1-3H3,(H,42,43). The molecular formula is C30H29ClN8O5. The lowest BCUT2D eigenvalue weighted by atomic mass is 10.0. The summed E-state index contributed by atoms with van der Waals surface area (Å²) in [5.41, 5.74) is 2.73. The summed E-state index contributed by atoms with van der Waals surface area (Å²) >= 11 is 6.01. The minimum Gasteiger partial charge on any atom is -0.463 e. The third-order valence-corrected chi connectivity index (χ3v) is 7.53. The van der Waals surface area contributed by atoms with Crippen LogP contribution in [0.2, 0.25) is 5.15 Å². The SMILES string of the molecule is CC(C)(C)n1nnc(-c2nn(C(=O)O)c3ccc(Cn4nc(Cl)ccc4=O)cc23)c1-c1ccc(C(=O)N2CCOCC2)cc1. The number of carbonyl (C=O) groups is 2. The number of aromatic nitrogens is 7. The lowest BCUT2D eigenvalue weighted by Gasteiger charge is -2.27. The van der Waals surface area contributed by atoms with Crippen molar-refractivity contribution >= 4 is 34.5 Å². The summed E-state index contributed by atoms with van der Waals surface area (Å²) in [5, 5.41) is 28.1. The zero-order valence-corrected chi connectivity index (χ0v) is 25.0. The Morgan fingerprint density at radius 3 is 2.39 bits per heavy atom. The molecule has 1 amide bonds. The second-order valence-corrected chi connectivity index (χ2v) is 11.8. The highest BCUT2D eigenvalue weighted by molar-refractivity contribution is 6.29. The van der Waals surface area contributed by atoms with Crippen molar-refractivity contribution in [1.82, 2.24) is 39.5 Å². The molecule has 0 spiro atoms. The molecule has 14 heteroatoms. The molecule has 1 aliphatic rings. The summed E-state index contributed by atoms with van der Waals surface area (Å²) in [5.74, 6) is -0.0745. The average molecular weight is 617 g/mol. The molecule has 6 rings (SSSR count). The number of rotatable bonds is 5. The number of hydrogen-bond donors (Lipinski definition) is 1. The molecule has 1 aliphatic heterocycles. The summed E-state index contributed by atoms with van der Waals surface area (Å²) in [6.07, 6.45) is -1.27. The molecule has 1 N–H and O–H groups in total. The van der Waals surface area contributed by atoms with E-state index in [2.05, 4.69) is 20.5 Å². The molecule has 0 unspecified atom stereocenters. The van der Waals surface area contributed by atoms with Gasteiger partial charge < -0.3 is 14.7 Å². The fourth-order valence-electron chi connectivity index (χ4n) is 5.18. The van der Waals surface area contributed by atoms with Gasteiger partial charge in [-0.2, -0.15) is 14.9 Å². The van der Waals surface area contributed by atoms with E-state index in [1.807, 2.05) is 32.9 Å². The van der Waals surface area contributed by atoms with E-state index in [9.17, 15) is 19.5 Å². The third kappa shape index (κ3) is 5.47. The molecule has 5 aromatic rings. The van der Waals surface area contributed by atoms with Gasteiger partial charge in [-0.25, -0.2) is 14.2 Å². The first kappa shape index (κ1) is 29.2. The molecule has 0 saturated carbocycles. The summed E-state index contributed by atoms with van der Waals surface area (Å²) in [6, 6.07) is 15.0. The van der Waals surface area contributed by atoms with E-state index in [0.717, 1.165) is 10.2 Å². The van der Waals surface area contributed by atoms with E-state index in [1.54, 1.807) is 39.9 Å². The zero-order chi connectivity index (χ0) is 31.2. The van der Waals surface area contributed by atoms with E-state index in [1.165, 1.54) is 16.8 Å². The Bertz CT molecular complexity index is 1950. The minimum absolute atomic E-state index is 0.0745. The summed E-state index contributed by atoms with van der Waals surface area (Å²) < 4.78 is 9.24. The second-order valence-electron chi connectivity index (χ2n) is 11.4. The van der Waals surface area contributed by atoms with Gasteiger partial charge in [0.2, 0.25) is 0 Å². The maximum atomic E-state index is 13.1. The first-order valence-corrected chi connectivity index (χ1v) is 14.3. The Hall–Kier alpha value is -4.88. The fourth-order valence-corrected chi connectivity index (χ4v) is 5.34. The number of ether oxygens (including phenoxy) is 1. The Labute approximate surface area is 256 Å². The maximum Gasteiger partial charge on any atom is 0.432 e. The van der Waals surface area contributed by atoms with Crippen molar-refractivity contribution < 1.29 is 19.4 Å². The van der Waals surface area contributed by atoms with Crippen LogP contribution in [0.4, 0.5) is 4.79 Å². The number of morpholine rings is 1. The number of amides is 1. The molecule has 0 radical (unpaired) electrons. The smallest absolute Gasteiger partial charge is 0.432 e. The molecule has 1 saturated heterocycles. The van der Waals surface area contributed by atoms with Crippen LogP contribution in [-0.2, 0) is 16.8 Å². The molecule has 4 heterocycles. The van der Waals surface area contributed by atoms with Crippen LogP contribution >= 0.6 is 11.6 Å². The molecule has 1 fully saturated rings. The highest BCUT2D eigenvalue weighted by atomic mass is 35.5. The first-order chi connectivity index (χ1) is 21.0. The van der Waals surface area contributed by atoms with Crippen LogP contribution in [0.15, 0.2) is 59.4 Å². The Balaban J connectivity index is 1.47. The number of hydrogen-bond acceptors (Lipinski definition) is 8. The van der Waals surface area contributed by atoms with Gasteiger partial charge in [-0.3, -0.25) is 9.59 Å². The number of halogens is 1. The zero-order valence-electron chi connectivity index (χ0n) is 24.3. The molecule has 0 aliphatic carbocycles. The lowest BCUT2D eigenvalue weighted by Crippen LogP contribution is -2.40. The number of benzene rings is 2. The van der Waals surface area contributed by atoms with Crippen LogP contribution in [0.3, 0.4) is 0 Å². The molecular weight excluding hydrogens is 588 g/mol. The molecule has 2 aromatic carbocycles. The van der Waals surface area contributed by atoms with Crippen molar-refractivity contribution in [3.8, 4) is 22.6 Å². The molecule has 226 valence electrons. The lowest BCUT2D eigenvalue weighted by molar-refractivity contribution is 0.0303. The third-order valence-electron chi connectivity index (χ3n) is 7.33. The van der Waals surface area contributed by atoms with Crippen LogP contribution in [0.25, 0.3) is 33.5 Å². The van der Waals surface area contributed by atoms with Crippen molar-refractivity contribution in [3.05, 3.63) is 81.2 Å². The summed E-state index contributed by atoms with van der Waals surface area (Å²) in [4.78, 5) is 39.4. The van der Waals surface area contributed by atoms with Gasteiger partial charge >= 0.3 is 6.09 Å². The largest absolute Gasteiger partial charge is 0.463 e. The molecule has 3 aromatic heterocycles. The minimum atomic E-state index is -1.27. The van der Waals surface area contributed by atoms with E-state index in [-0.39, 0.29) is 23.2 Å². The number of carbonyl (C=O) groups excluding carboxylic acids is 1. The van der Waals surface area contributed by atoms with E-state index < -0.39 is 11.6 Å². The van der Waals surface area contributed by atoms with E-state index in [4.69, 9.17) is 16.3 Å². The molecule has 13 nitrogen and oxygen atoms in total. The number of fused-ring (bicyclic) bond motifs is 1. The van der Waals surface area contributed by atoms with Crippen molar-refractivity contribution in [2.24, 2.45) is 0 Å². The second kappa shape index (κ2) is 11.3. The number of carboxylic acid groups (broad SMARTS) is 1. The first-order valence-electron chi connectivity index (χ1n) is 13.9. The van der Waals surface area contributed by atoms with Gasteiger partial charge in [-0.15, -0.1) is 5.10 Å². The van der Waals surface area contributed by atoms with Crippen LogP contribution < -0.4 is 5.56 Å². The number of nitrogens with zero attached hydrogens (tertiary/aromatic N) is 8. The van der Waals surface area contributed by atoms with Crippen molar-refractivity contribution in [1.29, 1.82) is 0 Å². The molecule has 44 heavy (non-hydrogen) atoms. The van der Waals surface area contributed by atoms with Gasteiger partial charge in [0.1, 0.15) is 16.5 Å². The summed E-state index contributed by atoms with van der Waals surface area (Å²) in [7, 11) is 0. The quantitative estimate of drug-likeness (QED) is 0.309. The van der Waals surface area contributed by atoms with Gasteiger partial charge in [0.05, 0.1) is 36.5 Å². The van der Waals surface area contributed by atoms with Crippen molar-refractivity contribution in [2.45, 2.75) is 32.9 Å². The van der Waals surface area contributed by atoms with Crippen LogP contribution in [-0.4, -0.2) is 82.9 Å². The van der Waals surface area contributed by atoms with Gasteiger partial charge in [0.25, 0.3) is 11.5 Å². The van der Waals surface area contributed by atoms with E-state index >= 15 is 0 Å². The fraction of sp³-hybridized carbons (Fsp3) is 0.300. The highest BCUT2D eigenvalue weighted by Crippen LogP contribution is 2.37. The van der Waals surface area contributed by atoms with Crippen molar-refractivity contribution in [3.63, 3.8) is 0 Å². The highest BCUT2D eigenvalue weighted by Gasteiger charge is 2.29. The van der Waals surface area contributed by atoms with Crippen LogP contribution in [0.5, 0.6) is 0 Å². The van der Waals surface area contributed by atoms with Crippen molar-refractivity contribution in [2.75, 3.05) is 26.3 Å². The summed E-state index contributed by atoms with van der Waals surface area (Å²) in [6.45, 7) is 8.13. The van der Waals surface area contributed by atoms with Gasteiger partial charge in [-0.05, 0) is 56.7 Å². The predicted octanol–water partition coefficient (Wildman–Crippen LogP) is 3.97. The Morgan fingerprint density at radius 1 is 0.977 bits per heavy atom. The van der Waals surface area contributed by atoms with Gasteiger partial charge in [0.15, 0.2) is 0 Å². The Morgan fingerprint density at radius 2 is 1.70 bits per heavy atom. The average Bonchev–Trinajstić information content (AvgIpc) is 3.61. The predicted molar refractivity (Wildman–Crippen MR) is 162 cm³/mol. The van der Waals surface area contributed by atoms with Crippen LogP contribution in [0, 0.1) is 0 Å². The normalized spacial score (nSPS) is 13.9. The Kier molecular flexibility index (Phi) is 7.51.